The van der Waals surface area contributed by atoms with Crippen LogP contribution in [0.1, 0.15) is 20.8 Å². The van der Waals surface area contributed by atoms with Crippen molar-refractivity contribution in [2.24, 2.45) is 5.14 Å². The molecule has 128 valence electrons. The molecule has 0 radical (unpaired) electrons. The summed E-state index contributed by atoms with van der Waals surface area (Å²) in [4.78, 5) is 14.4. The normalized spacial score (nSPS) is 24.2. The number of anilines is 1. The monoisotopic (exact) mass is 341 g/mol. The zero-order chi connectivity index (χ0) is 17.2. The summed E-state index contributed by atoms with van der Waals surface area (Å²) >= 11 is 0. The molecule has 1 fully saturated rings. The van der Waals surface area contributed by atoms with Gasteiger partial charge in [0.1, 0.15) is 0 Å². The van der Waals surface area contributed by atoms with E-state index in [0.717, 1.165) is 0 Å². The molecule has 3 N–H and O–H groups in total. The van der Waals surface area contributed by atoms with Crippen molar-refractivity contribution in [1.82, 2.24) is 4.90 Å². The summed E-state index contributed by atoms with van der Waals surface area (Å²) < 4.78 is 28.4. The van der Waals surface area contributed by atoms with Crippen LogP contribution in [-0.4, -0.2) is 50.6 Å². The summed E-state index contributed by atoms with van der Waals surface area (Å²) in [5.41, 5.74) is 0.405. The standard InChI is InChI=1S/C15H23N3O4S/c1-10-8-18(9-11(2)22-10)12(3)15(19)17-13-5-4-6-14(7-13)23(16,20)21/h4-7,10-12H,8-9H2,1-3H3,(H,17,19)(H2,16,20,21)/t10-,11+,12-/m0/s1. The van der Waals surface area contributed by atoms with Crippen LogP contribution < -0.4 is 10.5 Å². The SMILES string of the molecule is C[C@@H]1CN([C@@H](C)C(=O)Nc2cccc(S(N)(=O)=O)c2)C[C@H](C)O1. The zero-order valence-corrected chi connectivity index (χ0v) is 14.3. The van der Waals surface area contributed by atoms with Gasteiger partial charge in [-0.2, -0.15) is 0 Å². The zero-order valence-electron chi connectivity index (χ0n) is 13.5. The molecule has 1 aliphatic heterocycles. The van der Waals surface area contributed by atoms with Crippen molar-refractivity contribution in [3.05, 3.63) is 24.3 Å². The smallest absolute Gasteiger partial charge is 0.241 e. The van der Waals surface area contributed by atoms with Gasteiger partial charge in [-0.3, -0.25) is 9.69 Å². The Balaban J connectivity index is 2.07. The minimum atomic E-state index is -3.79. The lowest BCUT2D eigenvalue weighted by Gasteiger charge is -2.38. The molecule has 0 bridgehead atoms. The highest BCUT2D eigenvalue weighted by molar-refractivity contribution is 7.89. The number of amides is 1. The molecule has 7 nitrogen and oxygen atoms in total. The Bertz CT molecular complexity index is 667. The van der Waals surface area contributed by atoms with Crippen LogP contribution in [0.2, 0.25) is 0 Å². The number of carbonyl (C=O) groups excluding carboxylic acids is 1. The molecule has 0 aromatic heterocycles. The first-order valence-electron chi connectivity index (χ1n) is 7.50. The van der Waals surface area contributed by atoms with Crippen molar-refractivity contribution in [2.75, 3.05) is 18.4 Å². The van der Waals surface area contributed by atoms with Crippen molar-refractivity contribution >= 4 is 21.6 Å². The predicted molar refractivity (Wildman–Crippen MR) is 87.5 cm³/mol. The summed E-state index contributed by atoms with van der Waals surface area (Å²) in [5.74, 6) is -0.196. The Morgan fingerprint density at radius 1 is 1.35 bits per heavy atom. The quantitative estimate of drug-likeness (QED) is 0.842. The fourth-order valence-corrected chi connectivity index (χ4v) is 3.26. The number of nitrogens with one attached hydrogen (secondary N) is 1. The van der Waals surface area contributed by atoms with Crippen LogP contribution in [0.3, 0.4) is 0 Å². The fraction of sp³-hybridized carbons (Fsp3) is 0.533. The lowest BCUT2D eigenvalue weighted by Crippen LogP contribution is -2.52. The van der Waals surface area contributed by atoms with Crippen LogP contribution in [-0.2, 0) is 19.6 Å². The van der Waals surface area contributed by atoms with E-state index in [1.807, 2.05) is 20.8 Å². The van der Waals surface area contributed by atoms with Gasteiger partial charge < -0.3 is 10.1 Å². The molecule has 23 heavy (non-hydrogen) atoms. The Labute approximate surface area is 136 Å². The maximum atomic E-state index is 12.4. The Kier molecular flexibility index (Phi) is 5.41. The summed E-state index contributed by atoms with van der Waals surface area (Å²) in [5, 5.41) is 7.84. The first kappa shape index (κ1) is 17.9. The fourth-order valence-electron chi connectivity index (χ4n) is 2.70. The number of hydrogen-bond acceptors (Lipinski definition) is 5. The molecule has 1 heterocycles. The number of hydrogen-bond donors (Lipinski definition) is 2. The van der Waals surface area contributed by atoms with Gasteiger partial charge in [-0.1, -0.05) is 6.07 Å². The van der Waals surface area contributed by atoms with Gasteiger partial charge in [-0.05, 0) is 39.0 Å². The topological polar surface area (TPSA) is 102 Å². The van der Waals surface area contributed by atoms with Crippen LogP contribution in [0.5, 0.6) is 0 Å². The van der Waals surface area contributed by atoms with Gasteiger partial charge in [0.15, 0.2) is 0 Å². The molecule has 1 aromatic rings. The summed E-state index contributed by atoms with van der Waals surface area (Å²) in [7, 11) is -3.79. The number of primary sulfonamides is 1. The van der Waals surface area contributed by atoms with Crippen LogP contribution in [0.4, 0.5) is 5.69 Å². The molecule has 0 unspecified atom stereocenters. The third-order valence-corrected chi connectivity index (χ3v) is 4.72. The van der Waals surface area contributed by atoms with E-state index in [1.165, 1.54) is 12.1 Å². The second-order valence-electron chi connectivity index (χ2n) is 5.95. The number of carbonyl (C=O) groups is 1. The van der Waals surface area contributed by atoms with E-state index in [2.05, 4.69) is 10.2 Å². The Morgan fingerprint density at radius 3 is 2.52 bits per heavy atom. The number of morpholine rings is 1. The van der Waals surface area contributed by atoms with E-state index >= 15 is 0 Å². The van der Waals surface area contributed by atoms with E-state index in [-0.39, 0.29) is 29.1 Å². The largest absolute Gasteiger partial charge is 0.373 e. The molecule has 8 heteroatoms. The molecule has 0 spiro atoms. The van der Waals surface area contributed by atoms with E-state index in [4.69, 9.17) is 9.88 Å². The minimum absolute atomic E-state index is 0.0310. The third kappa shape index (κ3) is 4.74. The molecule has 0 aliphatic carbocycles. The molecule has 0 saturated carbocycles. The van der Waals surface area contributed by atoms with E-state index < -0.39 is 10.0 Å². The van der Waals surface area contributed by atoms with Crippen LogP contribution in [0.25, 0.3) is 0 Å². The lowest BCUT2D eigenvalue weighted by atomic mass is 10.1. The highest BCUT2D eigenvalue weighted by Gasteiger charge is 2.29. The highest BCUT2D eigenvalue weighted by Crippen LogP contribution is 2.17. The Hall–Kier alpha value is -1.48. The lowest BCUT2D eigenvalue weighted by molar-refractivity contribution is -0.126. The van der Waals surface area contributed by atoms with Gasteiger partial charge in [0.05, 0.1) is 23.1 Å². The van der Waals surface area contributed by atoms with Crippen molar-refractivity contribution in [3.63, 3.8) is 0 Å². The van der Waals surface area contributed by atoms with E-state index in [1.54, 1.807) is 12.1 Å². The second-order valence-corrected chi connectivity index (χ2v) is 7.51. The number of benzene rings is 1. The minimum Gasteiger partial charge on any atom is -0.373 e. The van der Waals surface area contributed by atoms with E-state index in [9.17, 15) is 13.2 Å². The molecule has 3 atom stereocenters. The first-order chi connectivity index (χ1) is 10.7. The number of nitrogens with two attached hydrogens (primary N) is 1. The van der Waals surface area contributed by atoms with Gasteiger partial charge in [-0.25, -0.2) is 13.6 Å². The molecule has 1 aromatic carbocycles. The molecule has 1 saturated heterocycles. The molecular formula is C15H23N3O4S. The average molecular weight is 341 g/mol. The molecule has 1 aliphatic rings. The van der Waals surface area contributed by atoms with Crippen molar-refractivity contribution in [1.29, 1.82) is 0 Å². The number of nitrogens with zero attached hydrogens (tertiary/aromatic N) is 1. The summed E-state index contributed by atoms with van der Waals surface area (Å²) in [6.45, 7) is 7.13. The maximum absolute atomic E-state index is 12.4. The second kappa shape index (κ2) is 6.96. The molecule has 2 rings (SSSR count). The molecular weight excluding hydrogens is 318 g/mol. The number of sulfonamides is 1. The predicted octanol–water partition coefficient (Wildman–Crippen LogP) is 0.770. The molecule has 1 amide bonds. The van der Waals surface area contributed by atoms with Crippen molar-refractivity contribution in [3.8, 4) is 0 Å². The maximum Gasteiger partial charge on any atom is 0.241 e. The first-order valence-corrected chi connectivity index (χ1v) is 9.04. The Morgan fingerprint density at radius 2 is 1.96 bits per heavy atom. The highest BCUT2D eigenvalue weighted by atomic mass is 32.2. The third-order valence-electron chi connectivity index (χ3n) is 3.81. The summed E-state index contributed by atoms with van der Waals surface area (Å²) in [6, 6.07) is 5.56. The number of rotatable bonds is 4. The summed E-state index contributed by atoms with van der Waals surface area (Å²) in [6.07, 6.45) is 0.138. The van der Waals surface area contributed by atoms with Gasteiger partial charge in [0.2, 0.25) is 15.9 Å². The van der Waals surface area contributed by atoms with Crippen LogP contribution in [0, 0.1) is 0 Å². The van der Waals surface area contributed by atoms with E-state index in [0.29, 0.717) is 18.8 Å². The number of ether oxygens (including phenoxy) is 1. The van der Waals surface area contributed by atoms with Crippen molar-refractivity contribution < 1.29 is 17.9 Å². The van der Waals surface area contributed by atoms with Gasteiger partial charge in [0.25, 0.3) is 0 Å². The van der Waals surface area contributed by atoms with Crippen LogP contribution >= 0.6 is 0 Å². The average Bonchev–Trinajstić information content (AvgIpc) is 2.44. The van der Waals surface area contributed by atoms with Crippen molar-refractivity contribution in [2.45, 2.75) is 43.9 Å². The van der Waals surface area contributed by atoms with Gasteiger partial charge in [0, 0.05) is 18.8 Å². The van der Waals surface area contributed by atoms with Gasteiger partial charge in [-0.15, -0.1) is 0 Å². The van der Waals surface area contributed by atoms with Crippen LogP contribution in [0.15, 0.2) is 29.2 Å². The van der Waals surface area contributed by atoms with Gasteiger partial charge >= 0.3 is 0 Å².